The van der Waals surface area contributed by atoms with Gasteiger partial charge in [-0.2, -0.15) is 0 Å². The Bertz CT molecular complexity index is 79.3. The van der Waals surface area contributed by atoms with E-state index in [9.17, 15) is 0 Å². The summed E-state index contributed by atoms with van der Waals surface area (Å²) in [5, 5.41) is 20.1. The highest BCUT2D eigenvalue weighted by Crippen LogP contribution is 1.64. The summed E-state index contributed by atoms with van der Waals surface area (Å²) in [7, 11) is 0. The fourth-order valence-electron chi connectivity index (χ4n) is 1.49. The van der Waals surface area contributed by atoms with E-state index in [-0.39, 0.29) is 0 Å². The molecule has 16 heavy (non-hydrogen) atoms. The zero-order valence-corrected chi connectivity index (χ0v) is 10.1. The van der Waals surface area contributed by atoms with E-state index in [1.165, 1.54) is 0 Å². The molecule has 0 aromatic rings. The van der Waals surface area contributed by atoms with Crippen LogP contribution in [0.3, 0.4) is 0 Å². The molecule has 1 saturated heterocycles. The van der Waals surface area contributed by atoms with Gasteiger partial charge < -0.3 is 31.9 Å². The number of hydrogen-bond donors (Lipinski definition) is 6. The first-order chi connectivity index (χ1) is 8.00. The second-order valence-corrected chi connectivity index (χ2v) is 3.85. The van der Waals surface area contributed by atoms with E-state index in [0.717, 1.165) is 65.7 Å². The monoisotopic (exact) mass is 230 g/mol. The summed E-state index contributed by atoms with van der Waals surface area (Å²) >= 11 is 0. The second-order valence-electron chi connectivity index (χ2n) is 3.85. The van der Waals surface area contributed by atoms with Crippen molar-refractivity contribution < 1.29 is 0 Å². The summed E-state index contributed by atoms with van der Waals surface area (Å²) in [4.78, 5) is 0. The average molecular weight is 230 g/mol. The summed E-state index contributed by atoms with van der Waals surface area (Å²) in [6.45, 7) is 9.92. The van der Waals surface area contributed by atoms with Gasteiger partial charge in [0.2, 0.25) is 0 Å². The normalized spacial score (nSPS) is 24.0. The van der Waals surface area contributed by atoms with Crippen molar-refractivity contribution in [3.05, 3.63) is 0 Å². The minimum atomic E-state index is 0.889. The molecule has 0 aromatic carbocycles. The molecule has 0 bridgehead atoms. The predicted octanol–water partition coefficient (Wildman–Crippen LogP) is -2.55. The lowest BCUT2D eigenvalue weighted by molar-refractivity contribution is 0.508. The summed E-state index contributed by atoms with van der Waals surface area (Å²) in [6.07, 6.45) is 0. The van der Waals surface area contributed by atoms with Crippen molar-refractivity contribution >= 4 is 0 Å². The Morgan fingerprint density at radius 1 is 0.312 bits per heavy atom. The lowest BCUT2D eigenvalue weighted by Crippen LogP contribution is -2.41. The Morgan fingerprint density at radius 2 is 0.562 bits per heavy atom. The molecule has 0 aromatic heterocycles. The van der Waals surface area contributed by atoms with Crippen LogP contribution in [0, 0.1) is 0 Å². The van der Waals surface area contributed by atoms with Gasteiger partial charge in [0.25, 0.3) is 0 Å². The van der Waals surface area contributed by atoms with Crippen molar-refractivity contribution in [1.82, 2.24) is 31.9 Å². The van der Waals surface area contributed by atoms with Gasteiger partial charge in [0.05, 0.1) is 0 Å². The van der Waals surface area contributed by atoms with Crippen LogP contribution in [0.15, 0.2) is 0 Å². The third kappa shape index (κ3) is 9.02. The smallest absolute Gasteiger partial charge is 0.0455 e. The minimum Gasteiger partial charge on any atom is -0.314 e. The third-order valence-corrected chi connectivity index (χ3v) is 2.41. The maximum atomic E-state index is 3.37. The molecule has 96 valence electrons. The largest absolute Gasteiger partial charge is 0.314 e. The molecule has 6 heteroatoms. The van der Waals surface area contributed by atoms with Crippen LogP contribution in [-0.2, 0) is 0 Å². The van der Waals surface area contributed by atoms with E-state index >= 15 is 0 Å². The van der Waals surface area contributed by atoms with E-state index in [1.807, 2.05) is 0 Å². The molecule has 6 nitrogen and oxygen atoms in total. The molecule has 0 amide bonds. The molecule has 0 saturated carbocycles. The molecule has 1 rings (SSSR count). The van der Waals surface area contributed by atoms with Crippen molar-refractivity contribution in [1.29, 1.82) is 0 Å². The summed E-state index contributed by atoms with van der Waals surface area (Å²) in [5.41, 5.74) is 0. The SMILES string of the molecule is C1CNCNCCNCCNCNCCN1. The van der Waals surface area contributed by atoms with Crippen LogP contribution in [0.4, 0.5) is 0 Å². The zero-order valence-electron chi connectivity index (χ0n) is 10.1. The van der Waals surface area contributed by atoms with Gasteiger partial charge in [0.15, 0.2) is 0 Å². The third-order valence-electron chi connectivity index (χ3n) is 2.41. The van der Waals surface area contributed by atoms with Crippen molar-refractivity contribution in [2.24, 2.45) is 0 Å². The highest BCUT2D eigenvalue weighted by molar-refractivity contribution is 4.57. The van der Waals surface area contributed by atoms with Crippen LogP contribution in [0.1, 0.15) is 0 Å². The zero-order chi connectivity index (χ0) is 11.3. The van der Waals surface area contributed by atoms with Gasteiger partial charge >= 0.3 is 0 Å². The molecule has 0 aliphatic carbocycles. The molecule has 0 atom stereocenters. The molecule has 1 fully saturated rings. The number of nitrogens with one attached hydrogen (secondary N) is 6. The van der Waals surface area contributed by atoms with E-state index in [0.29, 0.717) is 0 Å². The van der Waals surface area contributed by atoms with Gasteiger partial charge in [0.1, 0.15) is 0 Å². The van der Waals surface area contributed by atoms with Crippen LogP contribution in [0.2, 0.25) is 0 Å². The van der Waals surface area contributed by atoms with E-state index in [2.05, 4.69) is 31.9 Å². The molecule has 0 unspecified atom stereocenters. The average Bonchev–Trinajstić information content (AvgIpc) is 2.29. The van der Waals surface area contributed by atoms with Crippen molar-refractivity contribution in [3.63, 3.8) is 0 Å². The number of rotatable bonds is 0. The van der Waals surface area contributed by atoms with Crippen LogP contribution in [0.25, 0.3) is 0 Å². The van der Waals surface area contributed by atoms with Crippen LogP contribution >= 0.6 is 0 Å². The first kappa shape index (κ1) is 13.8. The molecular formula is C10H26N6. The maximum Gasteiger partial charge on any atom is 0.0455 e. The van der Waals surface area contributed by atoms with Gasteiger partial charge in [-0.05, 0) is 0 Å². The molecule has 1 aliphatic heterocycles. The lowest BCUT2D eigenvalue weighted by Gasteiger charge is -2.11. The highest BCUT2D eigenvalue weighted by Gasteiger charge is 1.92. The lowest BCUT2D eigenvalue weighted by atomic mass is 10.5. The van der Waals surface area contributed by atoms with Gasteiger partial charge in [-0.15, -0.1) is 0 Å². The Hall–Kier alpha value is -0.240. The van der Waals surface area contributed by atoms with Gasteiger partial charge in [-0.1, -0.05) is 0 Å². The molecule has 0 spiro atoms. The molecule has 1 aliphatic rings. The van der Waals surface area contributed by atoms with E-state index < -0.39 is 0 Å². The fourth-order valence-corrected chi connectivity index (χ4v) is 1.49. The van der Waals surface area contributed by atoms with E-state index in [4.69, 9.17) is 0 Å². The highest BCUT2D eigenvalue weighted by atomic mass is 15.1. The fraction of sp³-hybridized carbons (Fsp3) is 1.00. The Labute approximate surface area is 98.3 Å². The Kier molecular flexibility index (Phi) is 9.72. The molecule has 0 radical (unpaired) electrons. The summed E-state index contributed by atoms with van der Waals surface area (Å²) in [5.74, 6) is 0. The van der Waals surface area contributed by atoms with Crippen molar-refractivity contribution in [2.45, 2.75) is 0 Å². The first-order valence-corrected chi connectivity index (χ1v) is 6.24. The first-order valence-electron chi connectivity index (χ1n) is 6.24. The molecular weight excluding hydrogens is 204 g/mol. The Morgan fingerprint density at radius 3 is 0.875 bits per heavy atom. The quantitative estimate of drug-likeness (QED) is 0.275. The summed E-state index contributed by atoms with van der Waals surface area (Å²) < 4.78 is 0. The molecule has 6 N–H and O–H groups in total. The number of hydrogen-bond acceptors (Lipinski definition) is 6. The minimum absolute atomic E-state index is 0.889. The van der Waals surface area contributed by atoms with Crippen LogP contribution in [-0.4, -0.2) is 65.7 Å². The Balaban J connectivity index is 2.00. The standard InChI is InChI=1S/C10H26N6/c1-5-13-9-15-7-3-12-4-8-16-10-14-6-2-11-1/h11-16H,1-10H2. The van der Waals surface area contributed by atoms with Crippen molar-refractivity contribution in [3.8, 4) is 0 Å². The second kappa shape index (κ2) is 11.3. The van der Waals surface area contributed by atoms with Gasteiger partial charge in [-0.3, -0.25) is 0 Å². The van der Waals surface area contributed by atoms with E-state index in [1.54, 1.807) is 0 Å². The van der Waals surface area contributed by atoms with Gasteiger partial charge in [-0.25, -0.2) is 0 Å². The summed E-state index contributed by atoms with van der Waals surface area (Å²) in [6, 6.07) is 0. The topological polar surface area (TPSA) is 72.2 Å². The van der Waals surface area contributed by atoms with Crippen molar-refractivity contribution in [2.75, 3.05) is 65.7 Å². The molecule has 1 heterocycles. The maximum absolute atomic E-state index is 3.37. The van der Waals surface area contributed by atoms with Gasteiger partial charge in [0, 0.05) is 65.7 Å². The predicted molar refractivity (Wildman–Crippen MR) is 67.5 cm³/mol. The van der Waals surface area contributed by atoms with Crippen LogP contribution < -0.4 is 31.9 Å². The van der Waals surface area contributed by atoms with Crippen LogP contribution in [0.5, 0.6) is 0 Å².